The molecule has 0 bridgehead atoms. The Morgan fingerprint density at radius 3 is 2.44 bits per heavy atom. The Balaban J connectivity index is 1.52. The molecule has 0 radical (unpaired) electrons. The van der Waals surface area contributed by atoms with Crippen molar-refractivity contribution in [2.24, 2.45) is 0 Å². The fraction of sp³-hybridized carbons (Fsp3) is 0.667. The minimum Gasteiger partial charge on any atom is -0.369 e. The summed E-state index contributed by atoms with van der Waals surface area (Å²) >= 11 is 0. The fourth-order valence-corrected chi connectivity index (χ4v) is 4.16. The van der Waals surface area contributed by atoms with Crippen molar-refractivity contribution in [2.45, 2.75) is 65.0 Å². The summed E-state index contributed by atoms with van der Waals surface area (Å²) in [5, 5.41) is 3.28. The number of hydrogen-bond acceptors (Lipinski definition) is 3. The van der Waals surface area contributed by atoms with Crippen molar-refractivity contribution in [1.82, 2.24) is 10.2 Å². The number of benzene rings is 1. The molecule has 2 aliphatic rings. The quantitative estimate of drug-likeness (QED) is 0.911. The number of piperazine rings is 1. The first-order valence-electron chi connectivity index (χ1n) is 9.92. The zero-order valence-corrected chi connectivity index (χ0v) is 16.1. The number of anilines is 1. The number of amides is 1. The first-order chi connectivity index (χ1) is 12.1. The number of carbonyl (C=O) groups is 1. The monoisotopic (exact) mass is 343 g/mol. The lowest BCUT2D eigenvalue weighted by Crippen LogP contribution is -2.55. The normalized spacial score (nSPS) is 21.2. The molecule has 0 spiro atoms. The molecular weight excluding hydrogens is 310 g/mol. The van der Waals surface area contributed by atoms with Gasteiger partial charge in [-0.15, -0.1) is 0 Å². The molecule has 1 heterocycles. The summed E-state index contributed by atoms with van der Waals surface area (Å²) in [6.07, 6.45) is 6.14. The topological polar surface area (TPSA) is 35.6 Å². The molecule has 138 valence electrons. The van der Waals surface area contributed by atoms with E-state index in [4.69, 9.17) is 0 Å². The Kier molecular flexibility index (Phi) is 6.00. The Bertz CT molecular complexity index is 587. The highest BCUT2D eigenvalue weighted by Gasteiger charge is 2.27. The third-order valence-corrected chi connectivity index (χ3v) is 6.11. The van der Waals surface area contributed by atoms with Crippen molar-refractivity contribution in [1.29, 1.82) is 0 Å². The van der Waals surface area contributed by atoms with E-state index < -0.39 is 0 Å². The van der Waals surface area contributed by atoms with Crippen LogP contribution in [0.1, 0.15) is 50.2 Å². The Hall–Kier alpha value is -1.55. The van der Waals surface area contributed by atoms with Crippen molar-refractivity contribution in [3.05, 3.63) is 29.3 Å². The smallest absolute Gasteiger partial charge is 0.237 e. The predicted octanol–water partition coefficient (Wildman–Crippen LogP) is 3.26. The van der Waals surface area contributed by atoms with E-state index >= 15 is 0 Å². The average Bonchev–Trinajstić information content (AvgIpc) is 2.64. The molecule has 4 heteroatoms. The molecule has 1 saturated heterocycles. The van der Waals surface area contributed by atoms with Crippen LogP contribution >= 0.6 is 0 Å². The first kappa shape index (κ1) is 18.2. The summed E-state index contributed by atoms with van der Waals surface area (Å²) in [4.78, 5) is 17.4. The third-order valence-electron chi connectivity index (χ3n) is 6.11. The fourth-order valence-electron chi connectivity index (χ4n) is 4.16. The summed E-state index contributed by atoms with van der Waals surface area (Å²) < 4.78 is 0. The van der Waals surface area contributed by atoms with Gasteiger partial charge in [-0.25, -0.2) is 0 Å². The van der Waals surface area contributed by atoms with Gasteiger partial charge < -0.3 is 10.2 Å². The van der Waals surface area contributed by atoms with Gasteiger partial charge in [-0.1, -0.05) is 31.4 Å². The van der Waals surface area contributed by atoms with E-state index in [0.717, 1.165) is 39.0 Å². The van der Waals surface area contributed by atoms with Crippen LogP contribution < -0.4 is 10.2 Å². The highest BCUT2D eigenvalue weighted by atomic mass is 16.2. The molecule has 25 heavy (non-hydrogen) atoms. The van der Waals surface area contributed by atoms with Crippen molar-refractivity contribution in [3.63, 3.8) is 0 Å². The van der Waals surface area contributed by atoms with Crippen LogP contribution in [0.25, 0.3) is 0 Å². The van der Waals surface area contributed by atoms with Gasteiger partial charge in [-0.3, -0.25) is 9.69 Å². The molecular formula is C21H33N3O. The van der Waals surface area contributed by atoms with E-state index in [1.165, 1.54) is 36.1 Å². The molecule has 1 aliphatic carbocycles. The zero-order valence-electron chi connectivity index (χ0n) is 16.1. The Morgan fingerprint density at radius 2 is 1.76 bits per heavy atom. The molecule has 1 aliphatic heterocycles. The van der Waals surface area contributed by atoms with Crippen LogP contribution in [-0.4, -0.2) is 49.1 Å². The van der Waals surface area contributed by atoms with Crippen molar-refractivity contribution in [2.75, 3.05) is 31.1 Å². The van der Waals surface area contributed by atoms with E-state index in [1.54, 1.807) is 0 Å². The molecule has 1 aromatic carbocycles. The minimum absolute atomic E-state index is 0.0253. The maximum absolute atomic E-state index is 12.6. The van der Waals surface area contributed by atoms with Crippen molar-refractivity contribution < 1.29 is 4.79 Å². The zero-order chi connectivity index (χ0) is 17.8. The van der Waals surface area contributed by atoms with Gasteiger partial charge in [0.25, 0.3) is 0 Å². The summed E-state index contributed by atoms with van der Waals surface area (Å²) in [6, 6.07) is 6.91. The van der Waals surface area contributed by atoms with Crippen LogP contribution in [0.3, 0.4) is 0 Å². The molecule has 1 amide bonds. The van der Waals surface area contributed by atoms with E-state index in [9.17, 15) is 4.79 Å². The average molecular weight is 344 g/mol. The van der Waals surface area contributed by atoms with Gasteiger partial charge in [0.1, 0.15) is 0 Å². The summed E-state index contributed by atoms with van der Waals surface area (Å²) in [6.45, 7) is 10.3. The first-order valence-corrected chi connectivity index (χ1v) is 9.92. The van der Waals surface area contributed by atoms with E-state index in [2.05, 4.69) is 54.1 Å². The van der Waals surface area contributed by atoms with Crippen molar-refractivity contribution in [3.8, 4) is 0 Å². The van der Waals surface area contributed by atoms with Gasteiger partial charge in [-0.2, -0.15) is 0 Å². The molecule has 0 aromatic heterocycles. The molecule has 1 N–H and O–H groups in total. The predicted molar refractivity (Wildman–Crippen MR) is 104 cm³/mol. The number of carbonyl (C=O) groups excluding carboxylic acids is 1. The highest BCUT2D eigenvalue weighted by Crippen LogP contribution is 2.24. The highest BCUT2D eigenvalue weighted by molar-refractivity contribution is 5.81. The van der Waals surface area contributed by atoms with Gasteiger partial charge in [0.05, 0.1) is 6.04 Å². The standard InChI is InChI=1S/C21H33N3O/c1-16-8-7-11-20(17(16)2)24-14-12-23(13-15-24)18(3)21(25)22-19-9-5-4-6-10-19/h7-8,11,18-19H,4-6,9-10,12-15H2,1-3H3,(H,22,25). The number of rotatable bonds is 4. The lowest BCUT2D eigenvalue weighted by atomic mass is 9.95. The van der Waals surface area contributed by atoms with Crippen LogP contribution in [0.2, 0.25) is 0 Å². The molecule has 1 unspecified atom stereocenters. The van der Waals surface area contributed by atoms with Crippen molar-refractivity contribution >= 4 is 11.6 Å². The van der Waals surface area contributed by atoms with Crippen LogP contribution in [0.5, 0.6) is 0 Å². The molecule has 1 saturated carbocycles. The summed E-state index contributed by atoms with van der Waals surface area (Å²) in [5.74, 6) is 0.215. The van der Waals surface area contributed by atoms with E-state index in [0.29, 0.717) is 6.04 Å². The Morgan fingerprint density at radius 1 is 1.08 bits per heavy atom. The van der Waals surface area contributed by atoms with Crippen LogP contribution in [0.15, 0.2) is 18.2 Å². The lowest BCUT2D eigenvalue weighted by Gasteiger charge is -2.39. The Labute approximate surface area is 152 Å². The summed E-state index contributed by atoms with van der Waals surface area (Å²) in [5.41, 5.74) is 4.07. The molecule has 1 aromatic rings. The number of nitrogens with zero attached hydrogens (tertiary/aromatic N) is 2. The van der Waals surface area contributed by atoms with E-state index in [1.807, 2.05) is 0 Å². The van der Waals surface area contributed by atoms with Gasteiger partial charge in [0.15, 0.2) is 0 Å². The number of aryl methyl sites for hydroxylation is 1. The van der Waals surface area contributed by atoms with Gasteiger partial charge in [0.2, 0.25) is 5.91 Å². The van der Waals surface area contributed by atoms with Crippen LogP contribution in [0.4, 0.5) is 5.69 Å². The maximum atomic E-state index is 12.6. The molecule has 4 nitrogen and oxygen atoms in total. The second-order valence-electron chi connectivity index (χ2n) is 7.76. The SMILES string of the molecule is Cc1cccc(N2CCN(C(C)C(=O)NC3CCCCC3)CC2)c1C. The maximum Gasteiger partial charge on any atom is 0.237 e. The summed E-state index contributed by atoms with van der Waals surface area (Å²) in [7, 11) is 0. The van der Waals surface area contributed by atoms with Gasteiger partial charge in [-0.05, 0) is 50.8 Å². The van der Waals surface area contributed by atoms with E-state index in [-0.39, 0.29) is 11.9 Å². The second kappa shape index (κ2) is 8.22. The molecule has 1 atom stereocenters. The largest absolute Gasteiger partial charge is 0.369 e. The second-order valence-corrected chi connectivity index (χ2v) is 7.76. The number of nitrogens with one attached hydrogen (secondary N) is 1. The molecule has 3 rings (SSSR count). The third kappa shape index (κ3) is 4.35. The van der Waals surface area contributed by atoms with Gasteiger partial charge >= 0.3 is 0 Å². The van der Waals surface area contributed by atoms with Crippen LogP contribution in [0, 0.1) is 13.8 Å². The minimum atomic E-state index is -0.0253. The number of hydrogen-bond donors (Lipinski definition) is 1. The molecule has 2 fully saturated rings. The lowest BCUT2D eigenvalue weighted by molar-refractivity contribution is -0.127. The van der Waals surface area contributed by atoms with Crippen LogP contribution in [-0.2, 0) is 4.79 Å². The van der Waals surface area contributed by atoms with Gasteiger partial charge in [0, 0.05) is 37.9 Å².